The third kappa shape index (κ3) is 3.86. The van der Waals surface area contributed by atoms with Crippen LogP contribution in [-0.4, -0.2) is 30.2 Å². The lowest BCUT2D eigenvalue weighted by Gasteiger charge is -2.05. The lowest BCUT2D eigenvalue weighted by Crippen LogP contribution is -2.30. The molecular weight excluding hydrogens is 416 g/mol. The molecule has 3 heterocycles. The Hall–Kier alpha value is -3.39. The molecule has 5 rings (SSSR count). The van der Waals surface area contributed by atoms with Gasteiger partial charge in [-0.2, -0.15) is 5.10 Å². The topological polar surface area (TPSA) is 97.6 Å². The van der Waals surface area contributed by atoms with Crippen molar-refractivity contribution in [2.45, 2.75) is 38.8 Å². The van der Waals surface area contributed by atoms with Crippen molar-refractivity contribution in [2.75, 3.05) is 5.32 Å². The average molecular weight is 437 g/mol. The zero-order chi connectivity index (χ0) is 21.4. The highest BCUT2D eigenvalue weighted by Crippen LogP contribution is 2.28. The molecule has 8 nitrogen and oxygen atoms in total. The number of amides is 1. The number of fused-ring (bicyclic) bond motifs is 2. The minimum Gasteiger partial charge on any atom is -0.338 e. The number of halogens is 1. The Morgan fingerprint density at radius 3 is 2.90 bits per heavy atom. The van der Waals surface area contributed by atoms with E-state index < -0.39 is 0 Å². The van der Waals surface area contributed by atoms with Crippen LogP contribution < -0.4 is 11.0 Å². The Labute approximate surface area is 182 Å². The van der Waals surface area contributed by atoms with Gasteiger partial charge in [-0.3, -0.25) is 9.36 Å². The Morgan fingerprint density at radius 2 is 2.03 bits per heavy atom. The monoisotopic (exact) mass is 436 g/mol. The summed E-state index contributed by atoms with van der Waals surface area (Å²) in [6.45, 7) is 0.546. The Kier molecular flexibility index (Phi) is 5.07. The first-order chi connectivity index (χ1) is 15.1. The fraction of sp³-hybridized carbons (Fsp3) is 0.273. The second-order valence-corrected chi connectivity index (χ2v) is 8.07. The first-order valence-corrected chi connectivity index (χ1v) is 10.7. The van der Waals surface area contributed by atoms with Crippen molar-refractivity contribution in [3.8, 4) is 11.4 Å². The number of aromatic amines is 1. The standard InChI is InChI=1S/C22H21ClN6O2/c23-16-7-4-3-6-15(16)21-25-17-10-9-14(12-18(17)26-21)24-20(30)13-29-22(31)28-11-5-1-2-8-19(28)27-29/h3-4,6-7,9-10,12H,1-2,5,8,11,13H2,(H,24,30)(H,25,26). The van der Waals surface area contributed by atoms with Gasteiger partial charge < -0.3 is 10.3 Å². The van der Waals surface area contributed by atoms with Crippen LogP contribution in [0.15, 0.2) is 47.3 Å². The number of nitrogens with zero attached hydrogens (tertiary/aromatic N) is 4. The molecule has 2 aromatic carbocycles. The van der Waals surface area contributed by atoms with Crippen LogP contribution in [-0.2, 0) is 24.3 Å². The number of hydrogen-bond acceptors (Lipinski definition) is 4. The number of carbonyl (C=O) groups excluding carboxylic acids is 1. The second kappa shape index (κ2) is 8.03. The predicted molar refractivity (Wildman–Crippen MR) is 119 cm³/mol. The van der Waals surface area contributed by atoms with Gasteiger partial charge in [0.2, 0.25) is 5.91 Å². The van der Waals surface area contributed by atoms with Crippen LogP contribution in [0.25, 0.3) is 22.4 Å². The Bertz CT molecular complexity index is 1340. The molecule has 0 aliphatic carbocycles. The summed E-state index contributed by atoms with van der Waals surface area (Å²) in [7, 11) is 0. The number of aromatic nitrogens is 5. The molecule has 4 aromatic rings. The number of aryl methyl sites for hydroxylation is 1. The van der Waals surface area contributed by atoms with Gasteiger partial charge in [0.1, 0.15) is 18.2 Å². The maximum absolute atomic E-state index is 12.6. The summed E-state index contributed by atoms with van der Waals surface area (Å²) in [5.41, 5.74) is 2.74. The van der Waals surface area contributed by atoms with Crippen molar-refractivity contribution in [3.05, 3.63) is 63.8 Å². The van der Waals surface area contributed by atoms with Gasteiger partial charge in [0, 0.05) is 24.2 Å². The molecule has 0 saturated carbocycles. The summed E-state index contributed by atoms with van der Waals surface area (Å²) in [5.74, 6) is 1.12. The third-order valence-corrected chi connectivity index (χ3v) is 5.80. The van der Waals surface area contributed by atoms with Crippen molar-refractivity contribution in [1.29, 1.82) is 0 Å². The molecule has 0 spiro atoms. The lowest BCUT2D eigenvalue weighted by atomic mass is 10.2. The van der Waals surface area contributed by atoms with Crippen LogP contribution in [0, 0.1) is 0 Å². The number of benzene rings is 2. The molecule has 9 heteroatoms. The van der Waals surface area contributed by atoms with Crippen LogP contribution in [0.3, 0.4) is 0 Å². The number of anilines is 1. The molecule has 0 atom stereocenters. The lowest BCUT2D eigenvalue weighted by molar-refractivity contribution is -0.117. The van der Waals surface area contributed by atoms with Crippen molar-refractivity contribution in [3.63, 3.8) is 0 Å². The summed E-state index contributed by atoms with van der Waals surface area (Å²) in [6.07, 6.45) is 3.85. The van der Waals surface area contributed by atoms with Gasteiger partial charge in [-0.25, -0.2) is 14.5 Å². The molecule has 158 valence electrons. The minimum absolute atomic E-state index is 0.120. The number of hydrogen-bond donors (Lipinski definition) is 2. The van der Waals surface area contributed by atoms with Gasteiger partial charge in [0.15, 0.2) is 0 Å². The van der Waals surface area contributed by atoms with Gasteiger partial charge in [0.05, 0.1) is 16.1 Å². The second-order valence-electron chi connectivity index (χ2n) is 7.66. The van der Waals surface area contributed by atoms with Crippen LogP contribution in [0.2, 0.25) is 5.02 Å². The normalized spacial score (nSPS) is 13.7. The highest BCUT2D eigenvalue weighted by atomic mass is 35.5. The van der Waals surface area contributed by atoms with Gasteiger partial charge >= 0.3 is 5.69 Å². The Balaban J connectivity index is 1.34. The molecule has 1 aliphatic rings. The van der Waals surface area contributed by atoms with Gasteiger partial charge in [0.25, 0.3) is 0 Å². The van der Waals surface area contributed by atoms with E-state index in [0.717, 1.165) is 48.1 Å². The molecule has 0 saturated heterocycles. The van der Waals surface area contributed by atoms with Crippen LogP contribution in [0.5, 0.6) is 0 Å². The van der Waals surface area contributed by atoms with Crippen molar-refractivity contribution in [1.82, 2.24) is 24.3 Å². The zero-order valence-corrected chi connectivity index (χ0v) is 17.5. The smallest absolute Gasteiger partial charge is 0.338 e. The molecule has 0 unspecified atom stereocenters. The maximum atomic E-state index is 12.6. The molecule has 0 radical (unpaired) electrons. The quantitative estimate of drug-likeness (QED) is 0.510. The van der Waals surface area contributed by atoms with Gasteiger partial charge in [-0.15, -0.1) is 0 Å². The predicted octanol–water partition coefficient (Wildman–Crippen LogP) is 3.61. The summed E-state index contributed by atoms with van der Waals surface area (Å²) in [5, 5.41) is 7.82. The largest absolute Gasteiger partial charge is 0.346 e. The van der Waals surface area contributed by atoms with Gasteiger partial charge in [-0.05, 0) is 43.2 Å². The number of nitrogens with one attached hydrogen (secondary N) is 2. The van der Waals surface area contributed by atoms with Crippen molar-refractivity contribution < 1.29 is 4.79 Å². The highest BCUT2D eigenvalue weighted by molar-refractivity contribution is 6.33. The molecule has 1 aliphatic heterocycles. The summed E-state index contributed by atoms with van der Waals surface area (Å²) in [4.78, 5) is 32.9. The fourth-order valence-corrected chi connectivity index (χ4v) is 4.16. The highest BCUT2D eigenvalue weighted by Gasteiger charge is 2.17. The van der Waals surface area contributed by atoms with Crippen molar-refractivity contribution >= 4 is 34.2 Å². The van der Waals surface area contributed by atoms with Crippen LogP contribution >= 0.6 is 11.6 Å². The van der Waals surface area contributed by atoms with E-state index in [0.29, 0.717) is 23.1 Å². The molecule has 0 fully saturated rings. The summed E-state index contributed by atoms with van der Waals surface area (Å²) >= 11 is 6.27. The first-order valence-electron chi connectivity index (χ1n) is 10.3. The molecular formula is C22H21ClN6O2. The average Bonchev–Trinajstić information content (AvgIpc) is 3.19. The maximum Gasteiger partial charge on any atom is 0.346 e. The molecule has 2 N–H and O–H groups in total. The molecule has 1 amide bonds. The van der Waals surface area contributed by atoms with Crippen LogP contribution in [0.4, 0.5) is 5.69 Å². The van der Waals surface area contributed by atoms with E-state index in [2.05, 4.69) is 20.4 Å². The molecule has 2 aromatic heterocycles. The first kappa shape index (κ1) is 19.6. The van der Waals surface area contributed by atoms with Gasteiger partial charge in [-0.1, -0.05) is 30.2 Å². The number of rotatable bonds is 4. The zero-order valence-electron chi connectivity index (χ0n) is 16.8. The SMILES string of the molecule is O=C(Cn1nc2n(c1=O)CCCCC2)Nc1ccc2nc(-c3ccccc3Cl)[nH]c2c1. The molecule has 31 heavy (non-hydrogen) atoms. The minimum atomic E-state index is -0.305. The summed E-state index contributed by atoms with van der Waals surface area (Å²) < 4.78 is 2.94. The number of H-pyrrole nitrogens is 1. The van der Waals surface area contributed by atoms with E-state index in [1.165, 1.54) is 4.68 Å². The van der Waals surface area contributed by atoms with E-state index >= 15 is 0 Å². The van der Waals surface area contributed by atoms with E-state index in [1.807, 2.05) is 36.4 Å². The van der Waals surface area contributed by atoms with E-state index in [1.54, 1.807) is 10.6 Å². The van der Waals surface area contributed by atoms with E-state index in [-0.39, 0.29) is 18.1 Å². The van der Waals surface area contributed by atoms with Crippen LogP contribution in [0.1, 0.15) is 25.1 Å². The number of carbonyl (C=O) groups is 1. The third-order valence-electron chi connectivity index (χ3n) is 5.47. The summed E-state index contributed by atoms with van der Waals surface area (Å²) in [6, 6.07) is 12.9. The number of imidazole rings is 1. The van der Waals surface area contributed by atoms with Crippen molar-refractivity contribution in [2.24, 2.45) is 0 Å². The fourth-order valence-electron chi connectivity index (χ4n) is 3.93. The Morgan fingerprint density at radius 1 is 1.16 bits per heavy atom. The van der Waals surface area contributed by atoms with E-state index in [9.17, 15) is 9.59 Å². The van der Waals surface area contributed by atoms with E-state index in [4.69, 9.17) is 11.6 Å². The molecule has 0 bridgehead atoms.